The Morgan fingerprint density at radius 2 is 2.36 bits per heavy atom. The van der Waals surface area contributed by atoms with Gasteiger partial charge in [-0.3, -0.25) is 9.69 Å². The molecule has 14 heavy (non-hydrogen) atoms. The van der Waals surface area contributed by atoms with Gasteiger partial charge in [0.2, 0.25) is 5.91 Å². The predicted octanol–water partition coefficient (Wildman–Crippen LogP) is 0.727. The minimum atomic E-state index is 0.108. The fourth-order valence-electron chi connectivity index (χ4n) is 1.40. The second-order valence-corrected chi connectivity index (χ2v) is 4.56. The molecule has 3 nitrogen and oxygen atoms in total. The normalized spacial score (nSPS) is 18.6. The third kappa shape index (κ3) is 4.67. The van der Waals surface area contributed by atoms with E-state index >= 15 is 0 Å². The zero-order chi connectivity index (χ0) is 10.2. The van der Waals surface area contributed by atoms with Crippen LogP contribution in [0.4, 0.5) is 0 Å². The second-order valence-electron chi connectivity index (χ2n) is 3.33. The average Bonchev–Trinajstić information content (AvgIpc) is 2.43. The Bertz CT molecular complexity index is 189. The molecular weight excluding hydrogens is 196 g/mol. The lowest BCUT2D eigenvalue weighted by Crippen LogP contribution is -2.38. The third-order valence-corrected chi connectivity index (χ3v) is 3.17. The molecule has 0 aromatic heterocycles. The molecule has 1 aliphatic heterocycles. The van der Waals surface area contributed by atoms with Crippen molar-refractivity contribution in [2.75, 3.05) is 37.7 Å². The summed E-state index contributed by atoms with van der Waals surface area (Å²) in [4.78, 5) is 13.6. The van der Waals surface area contributed by atoms with Gasteiger partial charge in [-0.15, -0.1) is 6.58 Å². The number of nitrogens with zero attached hydrogens (tertiary/aromatic N) is 1. The fourth-order valence-corrected chi connectivity index (χ4v) is 2.33. The first kappa shape index (κ1) is 11.6. The highest BCUT2D eigenvalue weighted by molar-refractivity contribution is 7.99. The zero-order valence-corrected chi connectivity index (χ0v) is 9.31. The van der Waals surface area contributed by atoms with Crippen LogP contribution in [0.3, 0.4) is 0 Å². The maximum absolute atomic E-state index is 11.4. The van der Waals surface area contributed by atoms with Crippen LogP contribution in [-0.2, 0) is 4.79 Å². The maximum Gasteiger partial charge on any atom is 0.234 e. The average molecular weight is 214 g/mol. The van der Waals surface area contributed by atoms with Crippen molar-refractivity contribution < 1.29 is 4.79 Å². The summed E-state index contributed by atoms with van der Waals surface area (Å²) in [5.41, 5.74) is 0. The predicted molar refractivity (Wildman–Crippen MR) is 61.6 cm³/mol. The van der Waals surface area contributed by atoms with Crippen LogP contribution in [0, 0.1) is 0 Å². The van der Waals surface area contributed by atoms with Crippen LogP contribution in [0.2, 0.25) is 0 Å². The Kier molecular flexibility index (Phi) is 5.71. The van der Waals surface area contributed by atoms with Gasteiger partial charge < -0.3 is 5.32 Å². The van der Waals surface area contributed by atoms with Gasteiger partial charge >= 0.3 is 0 Å². The molecule has 0 aliphatic carbocycles. The minimum absolute atomic E-state index is 0.108. The first-order valence-corrected chi connectivity index (χ1v) is 6.16. The number of hydrogen-bond acceptors (Lipinski definition) is 3. The summed E-state index contributed by atoms with van der Waals surface area (Å²) in [6.07, 6.45) is 2.90. The summed E-state index contributed by atoms with van der Waals surface area (Å²) in [5.74, 6) is 2.48. The number of thioether (sulfide) groups is 1. The summed E-state index contributed by atoms with van der Waals surface area (Å²) in [6.45, 7) is 6.75. The van der Waals surface area contributed by atoms with E-state index in [1.165, 1.54) is 12.2 Å². The quantitative estimate of drug-likeness (QED) is 0.700. The van der Waals surface area contributed by atoms with Gasteiger partial charge in [-0.25, -0.2) is 0 Å². The maximum atomic E-state index is 11.4. The zero-order valence-electron chi connectivity index (χ0n) is 8.50. The molecule has 0 saturated carbocycles. The molecule has 80 valence electrons. The molecule has 1 fully saturated rings. The van der Waals surface area contributed by atoms with Gasteiger partial charge in [0.05, 0.1) is 6.54 Å². The van der Waals surface area contributed by atoms with Crippen molar-refractivity contribution in [3.05, 3.63) is 12.7 Å². The van der Waals surface area contributed by atoms with Crippen LogP contribution < -0.4 is 5.32 Å². The molecule has 0 radical (unpaired) electrons. The van der Waals surface area contributed by atoms with E-state index < -0.39 is 0 Å². The van der Waals surface area contributed by atoms with E-state index in [2.05, 4.69) is 16.8 Å². The van der Waals surface area contributed by atoms with Crippen LogP contribution in [0.15, 0.2) is 12.7 Å². The molecule has 0 spiro atoms. The van der Waals surface area contributed by atoms with E-state index in [-0.39, 0.29) is 5.91 Å². The summed E-state index contributed by atoms with van der Waals surface area (Å²) >= 11 is 1.97. The standard InChI is InChI=1S/C10H18N2OS/c1-2-4-11-10(13)9-12-5-3-7-14-8-6-12/h2H,1,3-9H2,(H,11,13). The Morgan fingerprint density at radius 1 is 1.50 bits per heavy atom. The molecule has 0 aromatic rings. The lowest BCUT2D eigenvalue weighted by Gasteiger charge is -2.18. The lowest BCUT2D eigenvalue weighted by molar-refractivity contribution is -0.121. The SMILES string of the molecule is C=CCNC(=O)CN1CCCSCC1. The molecule has 1 amide bonds. The number of amides is 1. The topological polar surface area (TPSA) is 32.3 Å². The molecule has 1 saturated heterocycles. The highest BCUT2D eigenvalue weighted by Gasteiger charge is 2.11. The van der Waals surface area contributed by atoms with E-state index in [0.717, 1.165) is 18.8 Å². The molecule has 0 bridgehead atoms. The highest BCUT2D eigenvalue weighted by Crippen LogP contribution is 2.09. The number of carbonyl (C=O) groups excluding carboxylic acids is 1. The van der Waals surface area contributed by atoms with Gasteiger partial charge in [0.15, 0.2) is 0 Å². The van der Waals surface area contributed by atoms with E-state index in [4.69, 9.17) is 0 Å². The summed E-state index contributed by atoms with van der Waals surface area (Å²) in [6, 6.07) is 0. The van der Waals surface area contributed by atoms with E-state index in [9.17, 15) is 4.79 Å². The first-order valence-electron chi connectivity index (χ1n) is 5.00. The molecule has 4 heteroatoms. The molecule has 1 aliphatic rings. The van der Waals surface area contributed by atoms with Crippen molar-refractivity contribution >= 4 is 17.7 Å². The number of hydrogen-bond donors (Lipinski definition) is 1. The first-order chi connectivity index (χ1) is 6.83. The fraction of sp³-hybridized carbons (Fsp3) is 0.700. The van der Waals surface area contributed by atoms with E-state index in [1.54, 1.807) is 6.08 Å². The van der Waals surface area contributed by atoms with E-state index in [1.807, 2.05) is 11.8 Å². The Labute approximate surface area is 89.9 Å². The van der Waals surface area contributed by atoms with Crippen LogP contribution in [-0.4, -0.2) is 48.5 Å². The van der Waals surface area contributed by atoms with Gasteiger partial charge in [0.1, 0.15) is 0 Å². The molecule has 1 heterocycles. The Balaban J connectivity index is 2.20. The Morgan fingerprint density at radius 3 is 3.14 bits per heavy atom. The molecule has 0 unspecified atom stereocenters. The molecule has 0 atom stereocenters. The van der Waals surface area contributed by atoms with Gasteiger partial charge in [-0.05, 0) is 18.7 Å². The van der Waals surface area contributed by atoms with Gasteiger partial charge in [0.25, 0.3) is 0 Å². The number of carbonyl (C=O) groups is 1. The van der Waals surface area contributed by atoms with Crippen molar-refractivity contribution in [3.63, 3.8) is 0 Å². The largest absolute Gasteiger partial charge is 0.352 e. The molecule has 1 rings (SSSR count). The summed E-state index contributed by atoms with van der Waals surface area (Å²) in [5, 5.41) is 2.79. The van der Waals surface area contributed by atoms with Crippen molar-refractivity contribution in [3.8, 4) is 0 Å². The van der Waals surface area contributed by atoms with Gasteiger partial charge in [0, 0.05) is 18.8 Å². The van der Waals surface area contributed by atoms with Crippen LogP contribution in [0.1, 0.15) is 6.42 Å². The minimum Gasteiger partial charge on any atom is -0.352 e. The summed E-state index contributed by atoms with van der Waals surface area (Å²) in [7, 11) is 0. The van der Waals surface area contributed by atoms with Gasteiger partial charge in [-0.1, -0.05) is 6.08 Å². The van der Waals surface area contributed by atoms with E-state index in [0.29, 0.717) is 13.1 Å². The van der Waals surface area contributed by atoms with Crippen molar-refractivity contribution in [1.82, 2.24) is 10.2 Å². The highest BCUT2D eigenvalue weighted by atomic mass is 32.2. The monoisotopic (exact) mass is 214 g/mol. The van der Waals surface area contributed by atoms with Crippen LogP contribution in [0.5, 0.6) is 0 Å². The van der Waals surface area contributed by atoms with Crippen molar-refractivity contribution in [2.45, 2.75) is 6.42 Å². The van der Waals surface area contributed by atoms with Gasteiger partial charge in [-0.2, -0.15) is 11.8 Å². The third-order valence-electron chi connectivity index (χ3n) is 2.13. The van der Waals surface area contributed by atoms with Crippen molar-refractivity contribution in [1.29, 1.82) is 0 Å². The van der Waals surface area contributed by atoms with Crippen molar-refractivity contribution in [2.24, 2.45) is 0 Å². The summed E-state index contributed by atoms with van der Waals surface area (Å²) < 4.78 is 0. The van der Waals surface area contributed by atoms with Crippen LogP contribution >= 0.6 is 11.8 Å². The Hall–Kier alpha value is -0.480. The molecule has 1 N–H and O–H groups in total. The second kappa shape index (κ2) is 6.90. The number of nitrogens with one attached hydrogen (secondary N) is 1. The number of rotatable bonds is 4. The molecular formula is C10H18N2OS. The molecule has 0 aromatic carbocycles. The lowest BCUT2D eigenvalue weighted by atomic mass is 10.4. The van der Waals surface area contributed by atoms with Crippen LogP contribution in [0.25, 0.3) is 0 Å². The smallest absolute Gasteiger partial charge is 0.234 e.